The van der Waals surface area contributed by atoms with Crippen LogP contribution < -0.4 is 0 Å². The van der Waals surface area contributed by atoms with E-state index in [1.54, 1.807) is 0 Å². The Balaban J connectivity index is 0.965. The summed E-state index contributed by atoms with van der Waals surface area (Å²) in [6.07, 6.45) is 1.96. The van der Waals surface area contributed by atoms with Gasteiger partial charge in [0, 0.05) is 0 Å². The van der Waals surface area contributed by atoms with Crippen molar-refractivity contribution in [2.24, 2.45) is 0 Å². The first-order chi connectivity index (χ1) is 34.7. The van der Waals surface area contributed by atoms with E-state index in [9.17, 15) is 0 Å². The molecular formula is C70H50. The Morgan fingerprint density at radius 3 is 1.06 bits per heavy atom. The number of hydrogen-bond donors (Lipinski definition) is 0. The van der Waals surface area contributed by atoms with Crippen LogP contribution in [-0.4, -0.2) is 0 Å². The standard InChI is InChI=1S/C70H50/c1-3-45-21-8-9-25-50(45)63-43-44-65(58-36-20-24-46(4-2)66(58)63)70-61-34-18-14-30-56(61)68(57-31-15-19-35-62(57)70)49-39-37-47(38-40-49)51-41-42-64(53-27-11-10-26-52(51)53)69-59-32-16-12-28-54(59)67(48-22-6-5-7-23-48)55-29-13-17-33-60(55)69/h5-44H,3-4H2,1-2H3. The molecule has 0 aliphatic carbocycles. The van der Waals surface area contributed by atoms with Gasteiger partial charge in [-0.1, -0.05) is 257 Å². The summed E-state index contributed by atoms with van der Waals surface area (Å²) in [5.74, 6) is 0. The van der Waals surface area contributed by atoms with Gasteiger partial charge in [0.05, 0.1) is 0 Å². The Morgan fingerprint density at radius 1 is 0.200 bits per heavy atom. The highest BCUT2D eigenvalue weighted by Crippen LogP contribution is 2.49. The zero-order valence-corrected chi connectivity index (χ0v) is 39.5. The number of rotatable bonds is 8. The fourth-order valence-electron chi connectivity index (χ4n) is 12.0. The van der Waals surface area contributed by atoms with E-state index in [1.807, 2.05) is 0 Å². The fraction of sp³-hybridized carbons (Fsp3) is 0.0571. The smallest absolute Gasteiger partial charge is 0.00201 e. The minimum Gasteiger partial charge on any atom is -0.0622 e. The highest BCUT2D eigenvalue weighted by atomic mass is 14.3. The highest BCUT2D eigenvalue weighted by Gasteiger charge is 2.22. The molecule has 0 unspecified atom stereocenters. The van der Waals surface area contributed by atoms with Crippen molar-refractivity contribution < 1.29 is 0 Å². The van der Waals surface area contributed by atoms with Gasteiger partial charge in [0.2, 0.25) is 0 Å². The van der Waals surface area contributed by atoms with E-state index in [-0.39, 0.29) is 0 Å². The van der Waals surface area contributed by atoms with Crippen LogP contribution in [0.2, 0.25) is 0 Å². The molecule has 0 amide bonds. The van der Waals surface area contributed by atoms with Gasteiger partial charge in [0.15, 0.2) is 0 Å². The fourth-order valence-corrected chi connectivity index (χ4v) is 12.0. The molecular weight excluding hydrogens is 841 g/mol. The van der Waals surface area contributed by atoms with Gasteiger partial charge in [-0.3, -0.25) is 0 Å². The third-order valence-corrected chi connectivity index (χ3v) is 15.1. The summed E-state index contributed by atoms with van der Waals surface area (Å²) in [5, 5.41) is 15.3. The van der Waals surface area contributed by atoms with Crippen LogP contribution in [-0.2, 0) is 12.8 Å². The van der Waals surface area contributed by atoms with Gasteiger partial charge < -0.3 is 0 Å². The first-order valence-corrected chi connectivity index (χ1v) is 24.9. The largest absolute Gasteiger partial charge is 0.0622 e. The van der Waals surface area contributed by atoms with E-state index < -0.39 is 0 Å². The van der Waals surface area contributed by atoms with Crippen LogP contribution in [0.1, 0.15) is 25.0 Å². The summed E-state index contributed by atoms with van der Waals surface area (Å²) in [4.78, 5) is 0. The summed E-state index contributed by atoms with van der Waals surface area (Å²) >= 11 is 0. The molecule has 330 valence electrons. The first-order valence-electron chi connectivity index (χ1n) is 24.9. The number of hydrogen-bond acceptors (Lipinski definition) is 0. The Hall–Kier alpha value is -8.58. The molecule has 0 aliphatic heterocycles. The van der Waals surface area contributed by atoms with Crippen LogP contribution in [0, 0.1) is 0 Å². The Kier molecular flexibility index (Phi) is 10.2. The molecule has 13 rings (SSSR count). The lowest BCUT2D eigenvalue weighted by Gasteiger charge is -2.21. The zero-order valence-electron chi connectivity index (χ0n) is 39.5. The second kappa shape index (κ2) is 17.2. The van der Waals surface area contributed by atoms with Gasteiger partial charge in [-0.15, -0.1) is 0 Å². The molecule has 0 nitrogen and oxygen atoms in total. The van der Waals surface area contributed by atoms with E-state index in [0.717, 1.165) is 12.8 Å². The van der Waals surface area contributed by atoms with E-state index in [4.69, 9.17) is 0 Å². The maximum Gasteiger partial charge on any atom is -0.00201 e. The first kappa shape index (κ1) is 41.6. The third-order valence-electron chi connectivity index (χ3n) is 15.1. The molecule has 0 heterocycles. The van der Waals surface area contributed by atoms with Crippen LogP contribution in [0.4, 0.5) is 0 Å². The average molecular weight is 891 g/mol. The van der Waals surface area contributed by atoms with Gasteiger partial charge in [-0.2, -0.15) is 0 Å². The molecule has 0 N–H and O–H groups in total. The topological polar surface area (TPSA) is 0 Å². The number of benzene rings is 13. The summed E-state index contributed by atoms with van der Waals surface area (Å²) in [7, 11) is 0. The minimum absolute atomic E-state index is 0.968. The van der Waals surface area contributed by atoms with Gasteiger partial charge in [-0.05, 0) is 155 Å². The van der Waals surface area contributed by atoms with E-state index in [1.165, 1.54) is 143 Å². The van der Waals surface area contributed by atoms with E-state index in [0.29, 0.717) is 0 Å². The quantitative estimate of drug-likeness (QED) is 0.133. The second-order valence-electron chi connectivity index (χ2n) is 18.7. The van der Waals surface area contributed by atoms with Crippen molar-refractivity contribution in [2.75, 3.05) is 0 Å². The van der Waals surface area contributed by atoms with Crippen molar-refractivity contribution in [2.45, 2.75) is 26.7 Å². The SMILES string of the molecule is CCc1ccccc1-c1ccc(-c2c3ccccc3c(-c3ccc(-c4ccc(-c5c6ccccc6c(-c6ccccc6)c6ccccc56)c5ccccc45)cc3)c3ccccc23)c2cccc(CC)c12. The van der Waals surface area contributed by atoms with Crippen LogP contribution in [0.3, 0.4) is 0 Å². The van der Waals surface area contributed by atoms with Gasteiger partial charge >= 0.3 is 0 Å². The summed E-state index contributed by atoms with van der Waals surface area (Å²) < 4.78 is 0. The molecule has 0 bridgehead atoms. The number of fused-ring (bicyclic) bond motifs is 6. The molecule has 13 aromatic carbocycles. The summed E-state index contributed by atoms with van der Waals surface area (Å²) in [6.45, 7) is 4.55. The normalized spacial score (nSPS) is 11.7. The van der Waals surface area contributed by atoms with Crippen LogP contribution in [0.25, 0.3) is 131 Å². The summed E-state index contributed by atoms with van der Waals surface area (Å²) in [6, 6.07) is 90.6. The van der Waals surface area contributed by atoms with Gasteiger partial charge in [-0.25, -0.2) is 0 Å². The van der Waals surface area contributed by atoms with E-state index in [2.05, 4.69) is 257 Å². The van der Waals surface area contributed by atoms with Crippen molar-refractivity contribution in [3.8, 4) is 66.8 Å². The van der Waals surface area contributed by atoms with Crippen molar-refractivity contribution in [1.82, 2.24) is 0 Å². The van der Waals surface area contributed by atoms with Crippen molar-refractivity contribution in [3.05, 3.63) is 254 Å². The molecule has 70 heavy (non-hydrogen) atoms. The third kappa shape index (κ3) is 6.59. The van der Waals surface area contributed by atoms with Crippen molar-refractivity contribution in [3.63, 3.8) is 0 Å². The molecule has 0 aliphatic rings. The predicted octanol–water partition coefficient (Wildman–Crippen LogP) is 19.7. The van der Waals surface area contributed by atoms with E-state index >= 15 is 0 Å². The lowest BCUT2D eigenvalue weighted by Crippen LogP contribution is -1.95. The average Bonchev–Trinajstić information content (AvgIpc) is 3.43. The number of aryl methyl sites for hydroxylation is 2. The second-order valence-corrected chi connectivity index (χ2v) is 18.7. The molecule has 0 radical (unpaired) electrons. The molecule has 0 spiro atoms. The van der Waals surface area contributed by atoms with Crippen LogP contribution >= 0.6 is 0 Å². The lowest BCUT2D eigenvalue weighted by atomic mass is 9.82. The van der Waals surface area contributed by atoms with Gasteiger partial charge in [0.1, 0.15) is 0 Å². The molecule has 0 heteroatoms. The Bertz CT molecular complexity index is 4060. The molecule has 0 saturated carbocycles. The van der Waals surface area contributed by atoms with Crippen LogP contribution in [0.15, 0.2) is 243 Å². The van der Waals surface area contributed by atoms with Crippen molar-refractivity contribution >= 4 is 64.6 Å². The monoisotopic (exact) mass is 890 g/mol. The summed E-state index contributed by atoms with van der Waals surface area (Å²) in [5.41, 5.74) is 18.0. The maximum atomic E-state index is 2.40. The van der Waals surface area contributed by atoms with Gasteiger partial charge in [0.25, 0.3) is 0 Å². The molecule has 0 saturated heterocycles. The maximum absolute atomic E-state index is 2.40. The van der Waals surface area contributed by atoms with Crippen LogP contribution in [0.5, 0.6) is 0 Å². The molecule has 13 aromatic rings. The predicted molar refractivity (Wildman–Crippen MR) is 303 cm³/mol. The lowest BCUT2D eigenvalue weighted by molar-refractivity contribution is 1.14. The molecule has 0 atom stereocenters. The minimum atomic E-state index is 0.968. The Labute approximate surface area is 409 Å². The Morgan fingerprint density at radius 2 is 0.543 bits per heavy atom. The highest BCUT2D eigenvalue weighted by molar-refractivity contribution is 6.26. The zero-order chi connectivity index (χ0) is 46.7. The van der Waals surface area contributed by atoms with Crippen molar-refractivity contribution in [1.29, 1.82) is 0 Å². The molecule has 0 fully saturated rings. The molecule has 0 aromatic heterocycles.